The summed E-state index contributed by atoms with van der Waals surface area (Å²) in [5.74, 6) is 2.11. The Bertz CT molecular complexity index is 375. The number of hydrogen-bond acceptors (Lipinski definition) is 2. The fraction of sp³-hybridized carbons (Fsp3) is 0.625. The molecule has 1 aromatic rings. The smallest absolute Gasteiger partial charge is 0.0827 e. The number of rotatable bonds is 5. The van der Waals surface area contributed by atoms with Gasteiger partial charge in [-0.05, 0) is 48.0 Å². The zero-order chi connectivity index (χ0) is 13.0. The van der Waals surface area contributed by atoms with Crippen LogP contribution in [-0.4, -0.2) is 12.4 Å². The van der Waals surface area contributed by atoms with Crippen LogP contribution in [0.15, 0.2) is 24.3 Å². The summed E-state index contributed by atoms with van der Waals surface area (Å²) in [5, 5.41) is 0. The molecule has 1 aliphatic carbocycles. The molecule has 0 saturated heterocycles. The van der Waals surface area contributed by atoms with Crippen LogP contribution < -0.4 is 0 Å². The maximum absolute atomic E-state index is 6.17. The summed E-state index contributed by atoms with van der Waals surface area (Å²) in [5.41, 5.74) is 2.88. The Labute approximate surface area is 116 Å². The van der Waals surface area contributed by atoms with E-state index < -0.39 is 0 Å². The summed E-state index contributed by atoms with van der Waals surface area (Å²) in [6.07, 6.45) is 3.91. The van der Waals surface area contributed by atoms with Crippen molar-refractivity contribution in [1.29, 1.82) is 0 Å². The zero-order valence-corrected chi connectivity index (χ0v) is 12.3. The van der Waals surface area contributed by atoms with E-state index in [4.69, 9.17) is 4.74 Å². The van der Waals surface area contributed by atoms with Gasteiger partial charge in [0.2, 0.25) is 0 Å². The molecule has 0 amide bonds. The molecule has 100 valence electrons. The maximum atomic E-state index is 6.17. The topological polar surface area (TPSA) is 9.23 Å². The Morgan fingerprint density at radius 3 is 2.83 bits per heavy atom. The van der Waals surface area contributed by atoms with Crippen molar-refractivity contribution in [2.75, 3.05) is 12.4 Å². The fourth-order valence-electron chi connectivity index (χ4n) is 2.58. The molecule has 2 unspecified atom stereocenters. The van der Waals surface area contributed by atoms with Crippen LogP contribution >= 0.6 is 12.6 Å². The summed E-state index contributed by atoms with van der Waals surface area (Å²) in [7, 11) is 0. The lowest BCUT2D eigenvalue weighted by Crippen LogP contribution is -2.21. The standard InChI is InChI=1S/C16H24OS/c1-12(2)14(11-18)10-17-16-9-5-7-13-6-3-4-8-15(13)16/h3-4,6,8,12,14,16,18H,5,7,9-11H2,1-2H3. The quantitative estimate of drug-likeness (QED) is 0.781. The number of hydrogen-bond donors (Lipinski definition) is 1. The van der Waals surface area contributed by atoms with Gasteiger partial charge in [-0.2, -0.15) is 12.6 Å². The van der Waals surface area contributed by atoms with Gasteiger partial charge < -0.3 is 4.74 Å². The number of ether oxygens (including phenoxy) is 1. The first kappa shape index (κ1) is 14.0. The van der Waals surface area contributed by atoms with Gasteiger partial charge in [-0.1, -0.05) is 38.1 Å². The minimum atomic E-state index is 0.302. The molecule has 0 aromatic heterocycles. The van der Waals surface area contributed by atoms with Crippen LogP contribution in [-0.2, 0) is 11.2 Å². The van der Waals surface area contributed by atoms with Crippen molar-refractivity contribution >= 4 is 12.6 Å². The third-order valence-electron chi connectivity index (χ3n) is 4.00. The second-order valence-corrected chi connectivity index (χ2v) is 5.96. The normalized spacial score (nSPS) is 20.8. The summed E-state index contributed by atoms with van der Waals surface area (Å²) < 4.78 is 6.17. The molecule has 0 spiro atoms. The predicted molar refractivity (Wildman–Crippen MR) is 80.3 cm³/mol. The number of thiol groups is 1. The Balaban J connectivity index is 1.99. The third-order valence-corrected chi connectivity index (χ3v) is 4.47. The fourth-order valence-corrected chi connectivity index (χ4v) is 3.11. The molecule has 0 saturated carbocycles. The second kappa shape index (κ2) is 6.63. The molecule has 2 heteroatoms. The average Bonchev–Trinajstić information content (AvgIpc) is 2.39. The number of aryl methyl sites for hydroxylation is 1. The minimum absolute atomic E-state index is 0.302. The van der Waals surface area contributed by atoms with E-state index >= 15 is 0 Å². The molecule has 18 heavy (non-hydrogen) atoms. The Morgan fingerprint density at radius 1 is 1.33 bits per heavy atom. The van der Waals surface area contributed by atoms with E-state index in [0.717, 1.165) is 18.8 Å². The lowest BCUT2D eigenvalue weighted by molar-refractivity contribution is 0.0136. The Kier molecular flexibility index (Phi) is 5.13. The highest BCUT2D eigenvalue weighted by Crippen LogP contribution is 2.33. The van der Waals surface area contributed by atoms with Crippen LogP contribution in [0, 0.1) is 11.8 Å². The van der Waals surface area contributed by atoms with Crippen LogP contribution in [0.25, 0.3) is 0 Å². The first-order valence-corrected chi connectivity index (χ1v) is 7.66. The molecule has 1 aromatic carbocycles. The molecule has 0 fully saturated rings. The highest BCUT2D eigenvalue weighted by Gasteiger charge is 2.22. The molecule has 1 aliphatic rings. The molecule has 0 aliphatic heterocycles. The first-order chi connectivity index (χ1) is 8.72. The zero-order valence-electron chi connectivity index (χ0n) is 11.4. The van der Waals surface area contributed by atoms with E-state index in [0.29, 0.717) is 17.9 Å². The van der Waals surface area contributed by atoms with E-state index in [1.165, 1.54) is 24.0 Å². The maximum Gasteiger partial charge on any atom is 0.0827 e. The summed E-state index contributed by atoms with van der Waals surface area (Å²) in [6.45, 7) is 5.33. The number of benzene rings is 1. The minimum Gasteiger partial charge on any atom is -0.373 e. The van der Waals surface area contributed by atoms with Gasteiger partial charge in [0, 0.05) is 0 Å². The third kappa shape index (κ3) is 3.30. The van der Waals surface area contributed by atoms with E-state index in [2.05, 4.69) is 50.7 Å². The highest BCUT2D eigenvalue weighted by atomic mass is 32.1. The lowest BCUT2D eigenvalue weighted by Gasteiger charge is -2.28. The Hall–Kier alpha value is -0.470. The second-order valence-electron chi connectivity index (χ2n) is 5.60. The van der Waals surface area contributed by atoms with Crippen molar-refractivity contribution < 1.29 is 4.74 Å². The van der Waals surface area contributed by atoms with Gasteiger partial charge in [0.25, 0.3) is 0 Å². The van der Waals surface area contributed by atoms with Crippen LogP contribution in [0.1, 0.15) is 43.9 Å². The van der Waals surface area contributed by atoms with E-state index in [9.17, 15) is 0 Å². The molecule has 1 nitrogen and oxygen atoms in total. The predicted octanol–water partition coefficient (Wildman–Crippen LogP) is 4.28. The molecule has 0 N–H and O–H groups in total. The molecule has 2 rings (SSSR count). The van der Waals surface area contributed by atoms with Crippen molar-refractivity contribution in [3.8, 4) is 0 Å². The SMILES string of the molecule is CC(C)C(CS)COC1CCCc2ccccc21. The molecule has 0 radical (unpaired) electrons. The molecule has 2 atom stereocenters. The van der Waals surface area contributed by atoms with Crippen molar-refractivity contribution in [3.05, 3.63) is 35.4 Å². The lowest BCUT2D eigenvalue weighted by atomic mass is 9.89. The van der Waals surface area contributed by atoms with Crippen molar-refractivity contribution in [2.45, 2.75) is 39.2 Å². The highest BCUT2D eigenvalue weighted by molar-refractivity contribution is 7.80. The monoisotopic (exact) mass is 264 g/mol. The van der Waals surface area contributed by atoms with Crippen LogP contribution in [0.4, 0.5) is 0 Å². The first-order valence-electron chi connectivity index (χ1n) is 7.02. The van der Waals surface area contributed by atoms with Gasteiger partial charge >= 0.3 is 0 Å². The van der Waals surface area contributed by atoms with Crippen LogP contribution in [0.2, 0.25) is 0 Å². The van der Waals surface area contributed by atoms with Gasteiger partial charge in [0.1, 0.15) is 0 Å². The van der Waals surface area contributed by atoms with Gasteiger partial charge in [-0.25, -0.2) is 0 Å². The Morgan fingerprint density at radius 2 is 2.11 bits per heavy atom. The average molecular weight is 264 g/mol. The van der Waals surface area contributed by atoms with Crippen LogP contribution in [0.3, 0.4) is 0 Å². The van der Waals surface area contributed by atoms with Gasteiger partial charge in [0.15, 0.2) is 0 Å². The van der Waals surface area contributed by atoms with Crippen molar-refractivity contribution in [2.24, 2.45) is 11.8 Å². The molecule has 0 bridgehead atoms. The summed E-state index contributed by atoms with van der Waals surface area (Å²) >= 11 is 4.43. The van der Waals surface area contributed by atoms with Crippen molar-refractivity contribution in [3.63, 3.8) is 0 Å². The largest absolute Gasteiger partial charge is 0.373 e. The molecule has 0 heterocycles. The van der Waals surface area contributed by atoms with Crippen molar-refractivity contribution in [1.82, 2.24) is 0 Å². The van der Waals surface area contributed by atoms with E-state index in [1.807, 2.05) is 0 Å². The molecular formula is C16H24OS. The van der Waals surface area contributed by atoms with Crippen LogP contribution in [0.5, 0.6) is 0 Å². The van der Waals surface area contributed by atoms with E-state index in [-0.39, 0.29) is 0 Å². The van der Waals surface area contributed by atoms with Gasteiger partial charge in [-0.3, -0.25) is 0 Å². The van der Waals surface area contributed by atoms with Gasteiger partial charge in [0.05, 0.1) is 12.7 Å². The summed E-state index contributed by atoms with van der Waals surface area (Å²) in [4.78, 5) is 0. The summed E-state index contributed by atoms with van der Waals surface area (Å²) in [6, 6.07) is 8.72. The molecular weight excluding hydrogens is 240 g/mol. The number of fused-ring (bicyclic) bond motifs is 1. The van der Waals surface area contributed by atoms with Gasteiger partial charge in [-0.15, -0.1) is 0 Å². The van der Waals surface area contributed by atoms with E-state index in [1.54, 1.807) is 0 Å².